The summed E-state index contributed by atoms with van der Waals surface area (Å²) >= 11 is 0. The highest BCUT2D eigenvalue weighted by Crippen LogP contribution is 2.22. The maximum absolute atomic E-state index is 12.3. The van der Waals surface area contributed by atoms with Gasteiger partial charge >= 0.3 is 0 Å². The third-order valence-electron chi connectivity index (χ3n) is 3.95. The van der Waals surface area contributed by atoms with Crippen LogP contribution in [0, 0.1) is 5.92 Å². The molecule has 1 aromatic heterocycles. The van der Waals surface area contributed by atoms with Crippen LogP contribution in [0.3, 0.4) is 0 Å². The number of carbonyl (C=O) groups is 1. The summed E-state index contributed by atoms with van der Waals surface area (Å²) in [5, 5.41) is 11.8. The standard InChI is InChI=1S/C19H25N3O2/c1-14(8-9-23)11-21-19(24)17-10-16(12-20-13-17)15-4-6-18(7-5-15)22(2)3/h4-7,10,12-14,23H,8-9,11H2,1-3H3,(H,21,24). The van der Waals surface area contributed by atoms with Gasteiger partial charge in [-0.15, -0.1) is 0 Å². The largest absolute Gasteiger partial charge is 0.396 e. The molecule has 0 bridgehead atoms. The van der Waals surface area contributed by atoms with E-state index in [9.17, 15) is 4.79 Å². The van der Waals surface area contributed by atoms with Gasteiger partial charge in [-0.1, -0.05) is 19.1 Å². The van der Waals surface area contributed by atoms with Crippen molar-refractivity contribution < 1.29 is 9.90 Å². The molecule has 0 aliphatic rings. The van der Waals surface area contributed by atoms with Gasteiger partial charge in [-0.25, -0.2) is 0 Å². The number of aliphatic hydroxyl groups is 1. The van der Waals surface area contributed by atoms with E-state index in [0.29, 0.717) is 18.5 Å². The fraction of sp³-hybridized carbons (Fsp3) is 0.368. The first kappa shape index (κ1) is 17.9. The molecule has 1 heterocycles. The first-order valence-corrected chi connectivity index (χ1v) is 8.13. The topological polar surface area (TPSA) is 65.5 Å². The first-order valence-electron chi connectivity index (χ1n) is 8.13. The van der Waals surface area contributed by atoms with E-state index in [4.69, 9.17) is 5.11 Å². The van der Waals surface area contributed by atoms with Crippen LogP contribution in [0.1, 0.15) is 23.7 Å². The summed E-state index contributed by atoms with van der Waals surface area (Å²) in [5.74, 6) is 0.104. The van der Waals surface area contributed by atoms with Crippen molar-refractivity contribution in [1.29, 1.82) is 0 Å². The molecular formula is C19H25N3O2. The van der Waals surface area contributed by atoms with Gasteiger partial charge in [-0.2, -0.15) is 0 Å². The number of nitrogens with zero attached hydrogens (tertiary/aromatic N) is 2. The van der Waals surface area contributed by atoms with Crippen molar-refractivity contribution in [2.75, 3.05) is 32.1 Å². The predicted octanol–water partition coefficient (Wildman–Crippen LogP) is 2.56. The Hall–Kier alpha value is -2.40. The normalized spacial score (nSPS) is 11.8. The number of hydrogen-bond acceptors (Lipinski definition) is 4. The van der Waals surface area contributed by atoms with Gasteiger partial charge in [0.15, 0.2) is 0 Å². The molecule has 0 radical (unpaired) electrons. The molecule has 5 heteroatoms. The summed E-state index contributed by atoms with van der Waals surface area (Å²) in [5.41, 5.74) is 3.60. The SMILES string of the molecule is CC(CCO)CNC(=O)c1cncc(-c2ccc(N(C)C)cc2)c1. The molecule has 1 atom stereocenters. The number of rotatable bonds is 7. The fourth-order valence-corrected chi connectivity index (χ4v) is 2.37. The summed E-state index contributed by atoms with van der Waals surface area (Å²) in [6, 6.07) is 9.98. The van der Waals surface area contributed by atoms with Gasteiger partial charge in [0.1, 0.15) is 0 Å². The Labute approximate surface area is 143 Å². The van der Waals surface area contributed by atoms with E-state index in [1.54, 1.807) is 12.4 Å². The minimum Gasteiger partial charge on any atom is -0.396 e. The van der Waals surface area contributed by atoms with Gasteiger partial charge in [-0.3, -0.25) is 9.78 Å². The van der Waals surface area contributed by atoms with Crippen molar-refractivity contribution in [2.45, 2.75) is 13.3 Å². The van der Waals surface area contributed by atoms with Crippen LogP contribution in [-0.4, -0.2) is 43.2 Å². The number of carbonyl (C=O) groups excluding carboxylic acids is 1. The molecule has 0 spiro atoms. The third kappa shape index (κ3) is 4.80. The monoisotopic (exact) mass is 327 g/mol. The number of nitrogens with one attached hydrogen (secondary N) is 1. The predicted molar refractivity (Wildman–Crippen MR) is 97.2 cm³/mol. The van der Waals surface area contributed by atoms with Crippen molar-refractivity contribution in [3.63, 3.8) is 0 Å². The number of amides is 1. The number of hydrogen-bond donors (Lipinski definition) is 2. The van der Waals surface area contributed by atoms with E-state index in [1.807, 2.05) is 56.3 Å². The average Bonchev–Trinajstić information content (AvgIpc) is 2.60. The Bertz CT molecular complexity index is 669. The summed E-state index contributed by atoms with van der Waals surface area (Å²) in [6.07, 6.45) is 4.01. The van der Waals surface area contributed by atoms with Crippen molar-refractivity contribution in [3.8, 4) is 11.1 Å². The summed E-state index contributed by atoms with van der Waals surface area (Å²) < 4.78 is 0. The van der Waals surface area contributed by atoms with Crippen LogP contribution in [0.25, 0.3) is 11.1 Å². The summed E-state index contributed by atoms with van der Waals surface area (Å²) in [4.78, 5) is 18.5. The van der Waals surface area contributed by atoms with E-state index in [-0.39, 0.29) is 18.4 Å². The lowest BCUT2D eigenvalue weighted by Gasteiger charge is -2.13. The maximum Gasteiger partial charge on any atom is 0.252 e. The summed E-state index contributed by atoms with van der Waals surface area (Å²) in [6.45, 7) is 2.68. The molecule has 0 aliphatic carbocycles. The highest BCUT2D eigenvalue weighted by Gasteiger charge is 2.10. The quantitative estimate of drug-likeness (QED) is 0.820. The fourth-order valence-electron chi connectivity index (χ4n) is 2.37. The Morgan fingerprint density at radius 1 is 1.21 bits per heavy atom. The van der Waals surface area contributed by atoms with E-state index < -0.39 is 0 Å². The van der Waals surface area contributed by atoms with Crippen LogP contribution >= 0.6 is 0 Å². The van der Waals surface area contributed by atoms with Crippen LogP contribution in [-0.2, 0) is 0 Å². The number of aromatic nitrogens is 1. The zero-order valence-corrected chi connectivity index (χ0v) is 14.5. The van der Waals surface area contributed by atoms with Crippen molar-refractivity contribution in [1.82, 2.24) is 10.3 Å². The molecular weight excluding hydrogens is 302 g/mol. The van der Waals surface area contributed by atoms with E-state index in [2.05, 4.69) is 10.3 Å². The van der Waals surface area contributed by atoms with Crippen LogP contribution in [0.4, 0.5) is 5.69 Å². The molecule has 2 rings (SSSR count). The Balaban J connectivity index is 2.09. The second kappa shape index (κ2) is 8.45. The number of anilines is 1. The van der Waals surface area contributed by atoms with Gasteiger partial charge in [0.2, 0.25) is 0 Å². The molecule has 0 saturated heterocycles. The number of benzene rings is 1. The van der Waals surface area contributed by atoms with Crippen LogP contribution in [0.5, 0.6) is 0 Å². The second-order valence-corrected chi connectivity index (χ2v) is 6.23. The van der Waals surface area contributed by atoms with Gasteiger partial charge in [0, 0.05) is 50.9 Å². The highest BCUT2D eigenvalue weighted by molar-refractivity contribution is 5.95. The van der Waals surface area contributed by atoms with E-state index in [0.717, 1.165) is 16.8 Å². The highest BCUT2D eigenvalue weighted by atomic mass is 16.3. The number of aliphatic hydroxyl groups excluding tert-OH is 1. The van der Waals surface area contributed by atoms with Crippen molar-refractivity contribution >= 4 is 11.6 Å². The van der Waals surface area contributed by atoms with E-state index in [1.165, 1.54) is 0 Å². The smallest absolute Gasteiger partial charge is 0.252 e. The molecule has 5 nitrogen and oxygen atoms in total. The van der Waals surface area contributed by atoms with Crippen molar-refractivity contribution in [2.24, 2.45) is 5.92 Å². The second-order valence-electron chi connectivity index (χ2n) is 6.23. The third-order valence-corrected chi connectivity index (χ3v) is 3.95. The van der Waals surface area contributed by atoms with Crippen LogP contribution < -0.4 is 10.2 Å². The number of pyridine rings is 1. The molecule has 0 fully saturated rings. The van der Waals surface area contributed by atoms with Gasteiger partial charge in [0.25, 0.3) is 5.91 Å². The van der Waals surface area contributed by atoms with Crippen molar-refractivity contribution in [3.05, 3.63) is 48.3 Å². The Morgan fingerprint density at radius 3 is 2.54 bits per heavy atom. The summed E-state index contributed by atoms with van der Waals surface area (Å²) in [7, 11) is 4.00. The molecule has 0 aliphatic heterocycles. The molecule has 1 amide bonds. The minimum atomic E-state index is -0.140. The maximum atomic E-state index is 12.3. The first-order chi connectivity index (χ1) is 11.5. The molecule has 1 aromatic carbocycles. The molecule has 24 heavy (non-hydrogen) atoms. The molecule has 2 aromatic rings. The zero-order chi connectivity index (χ0) is 17.5. The molecule has 2 N–H and O–H groups in total. The lowest BCUT2D eigenvalue weighted by molar-refractivity contribution is 0.0945. The average molecular weight is 327 g/mol. The van der Waals surface area contributed by atoms with Crippen LogP contribution in [0.15, 0.2) is 42.7 Å². The zero-order valence-electron chi connectivity index (χ0n) is 14.5. The molecule has 0 saturated carbocycles. The lowest BCUT2D eigenvalue weighted by Crippen LogP contribution is -2.28. The molecule has 1 unspecified atom stereocenters. The van der Waals surface area contributed by atoms with E-state index >= 15 is 0 Å². The van der Waals surface area contributed by atoms with Crippen LogP contribution in [0.2, 0.25) is 0 Å². The lowest BCUT2D eigenvalue weighted by atomic mass is 10.0. The Morgan fingerprint density at radius 2 is 1.92 bits per heavy atom. The minimum absolute atomic E-state index is 0.136. The van der Waals surface area contributed by atoms with Gasteiger partial charge < -0.3 is 15.3 Å². The van der Waals surface area contributed by atoms with Gasteiger partial charge in [0.05, 0.1) is 5.56 Å². The molecule has 128 valence electrons. The Kier molecular flexibility index (Phi) is 6.32. The van der Waals surface area contributed by atoms with Gasteiger partial charge in [-0.05, 0) is 36.1 Å².